The Morgan fingerprint density at radius 2 is 1.91 bits per heavy atom. The van der Waals surface area contributed by atoms with Crippen LogP contribution in [0.3, 0.4) is 0 Å². The molecule has 0 aliphatic rings. The van der Waals surface area contributed by atoms with Crippen molar-refractivity contribution in [2.45, 2.75) is 0 Å². The molecule has 2 heterocycles. The number of fused-ring (bicyclic) bond motifs is 2. The van der Waals surface area contributed by atoms with E-state index in [0.29, 0.717) is 16.9 Å². The Morgan fingerprint density at radius 1 is 1.04 bits per heavy atom. The maximum Gasteiger partial charge on any atom is 0.202 e. The molecule has 0 atom stereocenters. The largest absolute Gasteiger partial charge is 0.234 e. The summed E-state index contributed by atoms with van der Waals surface area (Å²) in [7, 11) is 0. The third-order valence-corrected chi connectivity index (χ3v) is 3.64. The van der Waals surface area contributed by atoms with Gasteiger partial charge in [-0.2, -0.15) is 5.26 Å². The van der Waals surface area contributed by atoms with Crippen LogP contribution < -0.4 is 0 Å². The summed E-state index contributed by atoms with van der Waals surface area (Å²) in [6.07, 6.45) is 3.45. The minimum Gasteiger partial charge on any atom is -0.234 e. The Kier molecular flexibility index (Phi) is 3.06. The first-order valence-electron chi connectivity index (χ1n) is 7.12. The highest BCUT2D eigenvalue weighted by atomic mass is 15.4. The number of nitrogens with zero attached hydrogens (tertiary/aromatic N) is 5. The standard InChI is InChI=1S/C18H11N5/c19-12-16(23-17-6-3-9-20-18(17)21-22-23)11-13-7-8-14-4-1-2-5-15(14)10-13/h1-11H/b16-11+. The van der Waals surface area contributed by atoms with Crippen molar-refractivity contribution in [2.75, 3.05) is 0 Å². The highest BCUT2D eigenvalue weighted by Crippen LogP contribution is 2.20. The molecule has 0 spiro atoms. The molecule has 0 unspecified atom stereocenters. The van der Waals surface area contributed by atoms with Crippen molar-refractivity contribution in [3.8, 4) is 6.07 Å². The van der Waals surface area contributed by atoms with E-state index in [9.17, 15) is 5.26 Å². The van der Waals surface area contributed by atoms with Crippen LogP contribution in [-0.4, -0.2) is 20.0 Å². The summed E-state index contributed by atoms with van der Waals surface area (Å²) in [5.41, 5.74) is 2.57. The molecule has 0 fully saturated rings. The highest BCUT2D eigenvalue weighted by molar-refractivity contribution is 5.89. The number of benzene rings is 2. The van der Waals surface area contributed by atoms with Crippen molar-refractivity contribution in [1.29, 1.82) is 5.26 Å². The monoisotopic (exact) mass is 297 g/mol. The van der Waals surface area contributed by atoms with Gasteiger partial charge < -0.3 is 0 Å². The van der Waals surface area contributed by atoms with E-state index in [-0.39, 0.29) is 0 Å². The molecular weight excluding hydrogens is 286 g/mol. The Labute approximate surface area is 132 Å². The molecule has 0 radical (unpaired) electrons. The number of pyridine rings is 1. The fourth-order valence-electron chi connectivity index (χ4n) is 2.54. The minimum atomic E-state index is 0.399. The van der Waals surface area contributed by atoms with Gasteiger partial charge in [0.05, 0.1) is 0 Å². The molecule has 23 heavy (non-hydrogen) atoms. The summed E-state index contributed by atoms with van der Waals surface area (Å²) in [6.45, 7) is 0. The first-order valence-corrected chi connectivity index (χ1v) is 7.12. The molecule has 0 aliphatic carbocycles. The summed E-state index contributed by atoms with van der Waals surface area (Å²) in [6, 6.07) is 20.0. The lowest BCUT2D eigenvalue weighted by Crippen LogP contribution is -1.97. The molecule has 2 aromatic heterocycles. The molecule has 0 saturated carbocycles. The Bertz CT molecular complexity index is 1090. The van der Waals surface area contributed by atoms with Crippen LogP contribution in [0.1, 0.15) is 5.56 Å². The molecule has 5 nitrogen and oxygen atoms in total. The summed E-state index contributed by atoms with van der Waals surface area (Å²) in [5, 5.41) is 19.8. The van der Waals surface area contributed by atoms with Crippen LogP contribution >= 0.6 is 0 Å². The van der Waals surface area contributed by atoms with Gasteiger partial charge in [-0.15, -0.1) is 5.10 Å². The Morgan fingerprint density at radius 3 is 2.78 bits per heavy atom. The van der Waals surface area contributed by atoms with Crippen LogP contribution in [-0.2, 0) is 0 Å². The number of hydrogen-bond acceptors (Lipinski definition) is 4. The Balaban J connectivity index is 1.85. The average Bonchev–Trinajstić information content (AvgIpc) is 3.03. The number of allylic oxidation sites excluding steroid dienone is 1. The maximum absolute atomic E-state index is 9.50. The van der Waals surface area contributed by atoms with Gasteiger partial charge in [0.15, 0.2) is 0 Å². The van der Waals surface area contributed by atoms with Gasteiger partial charge in [0.2, 0.25) is 5.65 Å². The first kappa shape index (κ1) is 13.2. The number of nitriles is 1. The molecule has 4 aromatic rings. The predicted octanol–water partition coefficient (Wildman–Crippen LogP) is 3.50. The van der Waals surface area contributed by atoms with E-state index in [1.54, 1.807) is 18.3 Å². The van der Waals surface area contributed by atoms with E-state index in [1.165, 1.54) is 10.1 Å². The SMILES string of the molecule is N#C/C(=C\c1ccc2ccccc2c1)n1nnc2ncccc21. The number of hydrogen-bond donors (Lipinski definition) is 0. The zero-order valence-corrected chi connectivity index (χ0v) is 12.1. The van der Waals surface area contributed by atoms with E-state index >= 15 is 0 Å². The number of aromatic nitrogens is 4. The predicted molar refractivity (Wildman–Crippen MR) is 89.1 cm³/mol. The van der Waals surface area contributed by atoms with E-state index in [0.717, 1.165) is 10.9 Å². The van der Waals surface area contributed by atoms with Gasteiger partial charge in [-0.1, -0.05) is 41.6 Å². The van der Waals surface area contributed by atoms with Crippen molar-refractivity contribution >= 4 is 33.7 Å². The maximum atomic E-state index is 9.50. The molecule has 108 valence electrons. The lowest BCUT2D eigenvalue weighted by molar-refractivity contribution is 0.847. The van der Waals surface area contributed by atoms with Crippen LogP contribution in [0.25, 0.3) is 33.7 Å². The van der Waals surface area contributed by atoms with Crippen molar-refractivity contribution in [3.05, 3.63) is 66.4 Å². The second-order valence-electron chi connectivity index (χ2n) is 5.10. The fraction of sp³-hybridized carbons (Fsp3) is 0. The fourth-order valence-corrected chi connectivity index (χ4v) is 2.54. The third kappa shape index (κ3) is 2.32. The summed E-state index contributed by atoms with van der Waals surface area (Å²) < 4.78 is 1.51. The summed E-state index contributed by atoms with van der Waals surface area (Å²) in [5.74, 6) is 0. The molecular formula is C18H11N5. The van der Waals surface area contributed by atoms with Crippen LogP contribution in [0.4, 0.5) is 0 Å². The normalized spacial score (nSPS) is 11.7. The summed E-state index contributed by atoms with van der Waals surface area (Å²) >= 11 is 0. The second-order valence-corrected chi connectivity index (χ2v) is 5.10. The van der Waals surface area contributed by atoms with Gasteiger partial charge in [0.25, 0.3) is 0 Å². The van der Waals surface area contributed by atoms with Gasteiger partial charge in [-0.3, -0.25) is 0 Å². The quantitative estimate of drug-likeness (QED) is 0.531. The Hall–Kier alpha value is -3.52. The number of rotatable bonds is 2. The van der Waals surface area contributed by atoms with E-state index in [4.69, 9.17) is 0 Å². The molecule has 0 bridgehead atoms. The van der Waals surface area contributed by atoms with Gasteiger partial charge in [-0.05, 0) is 40.6 Å². The zero-order chi connectivity index (χ0) is 15.6. The van der Waals surface area contributed by atoms with E-state index in [1.807, 2.05) is 42.5 Å². The van der Waals surface area contributed by atoms with E-state index in [2.05, 4.69) is 27.4 Å². The summed E-state index contributed by atoms with van der Waals surface area (Å²) in [4.78, 5) is 4.14. The molecule has 0 aliphatic heterocycles. The van der Waals surface area contributed by atoms with Crippen molar-refractivity contribution in [2.24, 2.45) is 0 Å². The molecule has 2 aromatic carbocycles. The van der Waals surface area contributed by atoms with Crippen molar-refractivity contribution in [3.63, 3.8) is 0 Å². The third-order valence-electron chi connectivity index (χ3n) is 3.64. The van der Waals surface area contributed by atoms with Crippen molar-refractivity contribution in [1.82, 2.24) is 20.0 Å². The van der Waals surface area contributed by atoms with Gasteiger partial charge in [0, 0.05) is 6.20 Å². The molecule has 0 amide bonds. The zero-order valence-electron chi connectivity index (χ0n) is 12.1. The van der Waals surface area contributed by atoms with Gasteiger partial charge in [-0.25, -0.2) is 9.67 Å². The lowest BCUT2D eigenvalue weighted by atomic mass is 10.1. The topological polar surface area (TPSA) is 67.4 Å². The first-order chi connectivity index (χ1) is 11.3. The molecule has 4 rings (SSSR count). The van der Waals surface area contributed by atoms with Gasteiger partial charge >= 0.3 is 0 Å². The smallest absolute Gasteiger partial charge is 0.202 e. The second kappa shape index (κ2) is 5.35. The highest BCUT2D eigenvalue weighted by Gasteiger charge is 2.09. The average molecular weight is 297 g/mol. The van der Waals surface area contributed by atoms with Gasteiger partial charge in [0.1, 0.15) is 17.3 Å². The molecule has 0 N–H and O–H groups in total. The van der Waals surface area contributed by atoms with Crippen molar-refractivity contribution < 1.29 is 0 Å². The molecule has 5 heteroatoms. The minimum absolute atomic E-state index is 0.399. The van der Waals surface area contributed by atoms with E-state index < -0.39 is 0 Å². The van der Waals surface area contributed by atoms with Crippen LogP contribution in [0, 0.1) is 11.3 Å². The van der Waals surface area contributed by atoms with Crippen LogP contribution in [0.5, 0.6) is 0 Å². The molecule has 0 saturated heterocycles. The van der Waals surface area contributed by atoms with Crippen LogP contribution in [0.2, 0.25) is 0 Å². The van der Waals surface area contributed by atoms with Crippen LogP contribution in [0.15, 0.2) is 60.8 Å². The lowest BCUT2D eigenvalue weighted by Gasteiger charge is -2.02.